The molecule has 23 heavy (non-hydrogen) atoms. The van der Waals surface area contributed by atoms with Gasteiger partial charge in [0.2, 0.25) is 11.8 Å². The molecule has 0 spiro atoms. The van der Waals surface area contributed by atoms with Gasteiger partial charge in [0.1, 0.15) is 11.8 Å². The van der Waals surface area contributed by atoms with Crippen molar-refractivity contribution in [1.29, 1.82) is 0 Å². The van der Waals surface area contributed by atoms with Crippen LogP contribution in [-0.4, -0.2) is 52.1 Å². The molecule has 1 heterocycles. The van der Waals surface area contributed by atoms with Crippen LogP contribution in [0.5, 0.6) is 5.75 Å². The monoisotopic (exact) mass is 338 g/mol. The predicted octanol–water partition coefficient (Wildman–Crippen LogP) is 1.40. The molecular weight excluding hydrogens is 320 g/mol. The van der Waals surface area contributed by atoms with Gasteiger partial charge in [-0.05, 0) is 12.1 Å². The summed E-state index contributed by atoms with van der Waals surface area (Å²) in [6.07, 6.45) is 0.364. The van der Waals surface area contributed by atoms with Crippen molar-refractivity contribution in [2.45, 2.75) is 19.4 Å². The lowest BCUT2D eigenvalue weighted by molar-refractivity contribution is -0.139. The maximum Gasteiger partial charge on any atom is 0.341 e. The number of aliphatic carboxylic acids is 1. The van der Waals surface area contributed by atoms with Crippen molar-refractivity contribution in [3.63, 3.8) is 0 Å². The minimum Gasteiger partial charge on any atom is -0.482 e. The zero-order valence-corrected chi connectivity index (χ0v) is 13.5. The van der Waals surface area contributed by atoms with Crippen molar-refractivity contribution in [2.75, 3.05) is 23.6 Å². The van der Waals surface area contributed by atoms with Crippen LogP contribution in [-0.2, 0) is 14.4 Å². The summed E-state index contributed by atoms with van der Waals surface area (Å²) < 4.78 is 5.07. The van der Waals surface area contributed by atoms with Gasteiger partial charge >= 0.3 is 5.97 Å². The molecule has 8 heteroatoms. The molecule has 1 aromatic carbocycles. The third-order valence-corrected chi connectivity index (χ3v) is 4.28. The van der Waals surface area contributed by atoms with Gasteiger partial charge in [0.15, 0.2) is 6.61 Å². The minimum absolute atomic E-state index is 0.0475. The molecule has 0 aliphatic carbocycles. The zero-order valence-electron chi connectivity index (χ0n) is 12.7. The summed E-state index contributed by atoms with van der Waals surface area (Å²) in [6, 6.07) is 6.01. The molecule has 1 aromatic rings. The number of nitrogens with zero attached hydrogens (tertiary/aromatic N) is 1. The van der Waals surface area contributed by atoms with Crippen molar-refractivity contribution in [2.24, 2.45) is 0 Å². The molecular formula is C15H18N2O5S. The van der Waals surface area contributed by atoms with E-state index >= 15 is 0 Å². The van der Waals surface area contributed by atoms with Crippen LogP contribution in [0.2, 0.25) is 0 Å². The molecule has 0 radical (unpaired) electrons. The summed E-state index contributed by atoms with van der Waals surface area (Å²) in [5.74, 6) is 0.0590. The van der Waals surface area contributed by atoms with Gasteiger partial charge < -0.3 is 20.1 Å². The Morgan fingerprint density at radius 2 is 2.22 bits per heavy atom. The quantitative estimate of drug-likeness (QED) is 0.814. The fraction of sp³-hybridized carbons (Fsp3) is 0.400. The van der Waals surface area contributed by atoms with E-state index in [2.05, 4.69) is 5.32 Å². The van der Waals surface area contributed by atoms with Gasteiger partial charge in [-0.15, -0.1) is 11.8 Å². The van der Waals surface area contributed by atoms with Gasteiger partial charge in [-0.1, -0.05) is 13.0 Å². The van der Waals surface area contributed by atoms with Gasteiger partial charge in [-0.3, -0.25) is 9.59 Å². The Morgan fingerprint density at radius 1 is 1.43 bits per heavy atom. The highest BCUT2D eigenvalue weighted by atomic mass is 32.2. The molecule has 2 rings (SSSR count). The maximum atomic E-state index is 12.4. The van der Waals surface area contributed by atoms with E-state index < -0.39 is 18.6 Å². The van der Waals surface area contributed by atoms with Crippen molar-refractivity contribution in [1.82, 2.24) is 4.90 Å². The summed E-state index contributed by atoms with van der Waals surface area (Å²) in [7, 11) is 0. The second-order valence-corrected chi connectivity index (χ2v) is 5.93. The molecule has 1 aliphatic heterocycles. The highest BCUT2D eigenvalue weighted by Gasteiger charge is 2.33. The lowest BCUT2D eigenvalue weighted by Crippen LogP contribution is -2.44. The Kier molecular flexibility index (Phi) is 5.86. The summed E-state index contributed by atoms with van der Waals surface area (Å²) >= 11 is 1.54. The first-order valence-corrected chi connectivity index (χ1v) is 8.29. The van der Waals surface area contributed by atoms with E-state index in [0.29, 0.717) is 29.5 Å². The van der Waals surface area contributed by atoms with Crippen molar-refractivity contribution in [3.05, 3.63) is 24.3 Å². The Bertz CT molecular complexity index is 607. The SMILES string of the molecule is CCC(=O)N1CSCC1C(=O)Nc1cccc(OCC(=O)O)c1. The molecule has 2 amide bonds. The number of rotatable bonds is 6. The lowest BCUT2D eigenvalue weighted by atomic mass is 10.2. The van der Waals surface area contributed by atoms with Crippen LogP contribution >= 0.6 is 11.8 Å². The van der Waals surface area contributed by atoms with E-state index in [0.717, 1.165) is 0 Å². The fourth-order valence-corrected chi connectivity index (χ4v) is 3.32. The number of benzene rings is 1. The summed E-state index contributed by atoms with van der Waals surface area (Å²) in [5.41, 5.74) is 0.499. The number of carboxylic acids is 1. The van der Waals surface area contributed by atoms with Crippen LogP contribution < -0.4 is 10.1 Å². The van der Waals surface area contributed by atoms with Crippen molar-refractivity contribution < 1.29 is 24.2 Å². The van der Waals surface area contributed by atoms with E-state index in [1.165, 1.54) is 0 Å². The smallest absolute Gasteiger partial charge is 0.341 e. The first-order valence-electron chi connectivity index (χ1n) is 7.14. The van der Waals surface area contributed by atoms with E-state index in [4.69, 9.17) is 9.84 Å². The van der Waals surface area contributed by atoms with Crippen LogP contribution in [0.15, 0.2) is 24.3 Å². The van der Waals surface area contributed by atoms with Gasteiger partial charge in [0.25, 0.3) is 0 Å². The standard InChI is InChI=1S/C15H18N2O5S/c1-2-13(18)17-9-23-8-12(17)15(21)16-10-4-3-5-11(6-10)22-7-14(19)20/h3-6,12H,2,7-9H2,1H3,(H,16,21)(H,19,20). The van der Waals surface area contributed by atoms with Gasteiger partial charge in [-0.2, -0.15) is 0 Å². The fourth-order valence-electron chi connectivity index (χ4n) is 2.14. The molecule has 1 saturated heterocycles. The first-order chi connectivity index (χ1) is 11.0. The number of amides is 2. The van der Waals surface area contributed by atoms with E-state index in [1.807, 2.05) is 0 Å². The highest BCUT2D eigenvalue weighted by molar-refractivity contribution is 7.99. The average molecular weight is 338 g/mol. The van der Waals surface area contributed by atoms with Crippen LogP contribution in [0.3, 0.4) is 0 Å². The molecule has 0 saturated carbocycles. The largest absolute Gasteiger partial charge is 0.482 e. The van der Waals surface area contributed by atoms with Crippen LogP contribution in [0.1, 0.15) is 13.3 Å². The highest BCUT2D eigenvalue weighted by Crippen LogP contribution is 2.24. The Balaban J connectivity index is 2.01. The molecule has 1 fully saturated rings. The van der Waals surface area contributed by atoms with Crippen LogP contribution in [0, 0.1) is 0 Å². The second-order valence-electron chi connectivity index (χ2n) is 4.93. The predicted molar refractivity (Wildman–Crippen MR) is 86.5 cm³/mol. The van der Waals surface area contributed by atoms with E-state index in [-0.39, 0.29) is 11.8 Å². The third kappa shape index (κ3) is 4.62. The molecule has 2 N–H and O–H groups in total. The number of thioether (sulfide) groups is 1. The normalized spacial score (nSPS) is 16.9. The maximum absolute atomic E-state index is 12.4. The summed E-state index contributed by atoms with van der Waals surface area (Å²) in [5, 5.41) is 11.4. The number of ether oxygens (including phenoxy) is 1. The third-order valence-electron chi connectivity index (χ3n) is 3.27. The van der Waals surface area contributed by atoms with E-state index in [9.17, 15) is 14.4 Å². The minimum atomic E-state index is -1.07. The number of carbonyl (C=O) groups excluding carboxylic acids is 2. The molecule has 0 aromatic heterocycles. The van der Waals surface area contributed by atoms with Gasteiger partial charge in [0, 0.05) is 23.9 Å². The Labute approximate surface area is 138 Å². The number of carboxylic acid groups (broad SMARTS) is 1. The Hall–Kier alpha value is -2.22. The summed E-state index contributed by atoms with van der Waals surface area (Å²) in [6.45, 7) is 1.32. The van der Waals surface area contributed by atoms with Crippen molar-refractivity contribution >= 4 is 35.2 Å². The second kappa shape index (κ2) is 7.87. The average Bonchev–Trinajstić information content (AvgIpc) is 3.02. The van der Waals surface area contributed by atoms with Crippen LogP contribution in [0.4, 0.5) is 5.69 Å². The number of hydrogen-bond donors (Lipinski definition) is 2. The zero-order chi connectivity index (χ0) is 16.8. The number of hydrogen-bond acceptors (Lipinski definition) is 5. The molecule has 0 bridgehead atoms. The van der Waals surface area contributed by atoms with Crippen LogP contribution in [0.25, 0.3) is 0 Å². The molecule has 124 valence electrons. The first kappa shape index (κ1) is 17.1. The molecule has 7 nitrogen and oxygen atoms in total. The topological polar surface area (TPSA) is 95.9 Å². The molecule has 1 aliphatic rings. The number of nitrogens with one attached hydrogen (secondary N) is 1. The molecule has 1 unspecified atom stereocenters. The van der Waals surface area contributed by atoms with Gasteiger partial charge in [0.05, 0.1) is 5.88 Å². The van der Waals surface area contributed by atoms with Crippen molar-refractivity contribution in [3.8, 4) is 5.75 Å². The van der Waals surface area contributed by atoms with Gasteiger partial charge in [-0.25, -0.2) is 4.79 Å². The lowest BCUT2D eigenvalue weighted by Gasteiger charge is -2.22. The molecule has 1 atom stereocenters. The Morgan fingerprint density at radius 3 is 2.91 bits per heavy atom. The number of carbonyl (C=O) groups is 3. The summed E-state index contributed by atoms with van der Waals surface area (Å²) in [4.78, 5) is 36.3. The number of anilines is 1. The van der Waals surface area contributed by atoms with E-state index in [1.54, 1.807) is 47.9 Å².